The number of ether oxygens (including phenoxy) is 2. The summed E-state index contributed by atoms with van der Waals surface area (Å²) in [5.41, 5.74) is 2.56. The molecule has 1 saturated carbocycles. The number of nitrogens with one attached hydrogen (secondary N) is 1. The number of halogens is 2. The number of anilines is 1. The van der Waals surface area contributed by atoms with Gasteiger partial charge in [-0.05, 0) is 30.9 Å². The van der Waals surface area contributed by atoms with Gasteiger partial charge in [-0.2, -0.15) is 4.98 Å². The van der Waals surface area contributed by atoms with Crippen LogP contribution in [-0.4, -0.2) is 45.4 Å². The molecular weight excluding hydrogens is 501 g/mol. The van der Waals surface area contributed by atoms with Crippen LogP contribution >= 0.6 is 23.2 Å². The molecule has 1 fully saturated rings. The number of nitrogens with zero attached hydrogens (tertiary/aromatic N) is 4. The van der Waals surface area contributed by atoms with Crippen LogP contribution in [0.3, 0.4) is 0 Å². The lowest BCUT2D eigenvalue weighted by molar-refractivity contribution is -0.115. The first kappa shape index (κ1) is 24.3. The fourth-order valence-electron chi connectivity index (χ4n) is 4.92. The topological polar surface area (TPSA) is 90.6 Å². The molecule has 10 heteroatoms. The molecule has 0 bridgehead atoms. The van der Waals surface area contributed by atoms with Gasteiger partial charge in [-0.1, -0.05) is 36.2 Å². The molecule has 3 heterocycles. The predicted molar refractivity (Wildman–Crippen MR) is 141 cm³/mol. The van der Waals surface area contributed by atoms with Crippen molar-refractivity contribution in [2.45, 2.75) is 31.7 Å². The zero-order chi connectivity index (χ0) is 25.4. The summed E-state index contributed by atoms with van der Waals surface area (Å²) >= 11 is 13.4. The summed E-state index contributed by atoms with van der Waals surface area (Å²) < 4.78 is 12.8. The Bertz CT molecular complexity index is 1460. The molecule has 0 radical (unpaired) electrons. The lowest BCUT2D eigenvalue weighted by Gasteiger charge is -2.20. The van der Waals surface area contributed by atoms with E-state index in [1.165, 1.54) is 20.3 Å². The third-order valence-corrected chi connectivity index (χ3v) is 7.46. The van der Waals surface area contributed by atoms with Crippen LogP contribution in [-0.2, 0) is 4.79 Å². The van der Waals surface area contributed by atoms with E-state index < -0.39 is 0 Å². The average molecular weight is 526 g/mol. The number of benzene rings is 1. The summed E-state index contributed by atoms with van der Waals surface area (Å²) in [7, 11) is 3.07. The molecule has 0 aliphatic heterocycles. The number of fused-ring (bicyclic) bond motifs is 3. The summed E-state index contributed by atoms with van der Waals surface area (Å²) in [5, 5.41) is 4.93. The first-order valence-electron chi connectivity index (χ1n) is 11.6. The number of hydrogen-bond donors (Lipinski definition) is 1. The van der Waals surface area contributed by atoms with Crippen LogP contribution in [0.4, 0.5) is 5.95 Å². The van der Waals surface area contributed by atoms with Gasteiger partial charge in [-0.15, -0.1) is 0 Å². The summed E-state index contributed by atoms with van der Waals surface area (Å²) in [6, 6.07) is 3.69. The Balaban J connectivity index is 1.59. The number of carbonyl (C=O) groups excluding carboxylic acids is 1. The maximum absolute atomic E-state index is 11.9. The van der Waals surface area contributed by atoms with Crippen molar-refractivity contribution in [3.63, 3.8) is 0 Å². The molecule has 36 heavy (non-hydrogen) atoms. The highest BCUT2D eigenvalue weighted by Gasteiger charge is 2.29. The lowest BCUT2D eigenvalue weighted by atomic mass is 9.97. The van der Waals surface area contributed by atoms with E-state index in [0.717, 1.165) is 24.6 Å². The van der Waals surface area contributed by atoms with Crippen LogP contribution < -0.4 is 14.8 Å². The van der Waals surface area contributed by atoms with Gasteiger partial charge in [0, 0.05) is 53.6 Å². The van der Waals surface area contributed by atoms with Crippen molar-refractivity contribution >= 4 is 51.6 Å². The number of carbonyl (C=O) groups is 1. The number of allylic oxidation sites excluding steroid dienone is 1. The minimum absolute atomic E-state index is 0.0623. The Morgan fingerprint density at radius 3 is 2.61 bits per heavy atom. The van der Waals surface area contributed by atoms with Gasteiger partial charge in [0.15, 0.2) is 11.4 Å². The van der Waals surface area contributed by atoms with Gasteiger partial charge in [0.05, 0.1) is 24.3 Å². The average Bonchev–Trinajstić information content (AvgIpc) is 3.54. The van der Waals surface area contributed by atoms with Gasteiger partial charge in [-0.25, -0.2) is 9.97 Å². The van der Waals surface area contributed by atoms with Crippen molar-refractivity contribution in [2.24, 2.45) is 5.92 Å². The number of ketones is 1. The molecule has 4 aromatic rings. The first-order valence-corrected chi connectivity index (χ1v) is 12.4. The van der Waals surface area contributed by atoms with Crippen molar-refractivity contribution in [3.05, 3.63) is 53.4 Å². The Morgan fingerprint density at radius 2 is 1.92 bits per heavy atom. The second-order valence-electron chi connectivity index (χ2n) is 8.75. The van der Waals surface area contributed by atoms with E-state index in [9.17, 15) is 4.79 Å². The maximum atomic E-state index is 11.9. The molecule has 0 saturated heterocycles. The van der Waals surface area contributed by atoms with E-state index >= 15 is 0 Å². The Kier molecular flexibility index (Phi) is 6.73. The van der Waals surface area contributed by atoms with Crippen LogP contribution in [0.15, 0.2) is 43.4 Å². The Hall–Kier alpha value is -3.36. The van der Waals surface area contributed by atoms with E-state index in [1.54, 1.807) is 18.5 Å². The number of aromatic nitrogens is 4. The monoisotopic (exact) mass is 525 g/mol. The second-order valence-corrected chi connectivity index (χ2v) is 9.51. The highest BCUT2D eigenvalue weighted by molar-refractivity contribution is 6.41. The first-order chi connectivity index (χ1) is 17.4. The maximum Gasteiger partial charge on any atom is 0.224 e. The summed E-state index contributed by atoms with van der Waals surface area (Å²) in [6.45, 7) is 3.59. The second kappa shape index (κ2) is 9.95. The van der Waals surface area contributed by atoms with E-state index in [1.807, 2.05) is 16.7 Å². The molecule has 1 N–H and O–H groups in total. The lowest BCUT2D eigenvalue weighted by Crippen LogP contribution is -2.26. The standard InChI is InChI=1S/C26H25Cl2N5O3/c1-4-16(34)10-14-6-5-7-18(14)31-26-30-13-15-11-17(25-29-8-9-33(25)24(15)32-26)21-22(27)19(35-2)12-20(36-3)23(21)28/h4,8-9,11-14,18H,1,5-7,10H2,2-3H3,(H,30,31,32). The molecule has 5 rings (SSSR count). The summed E-state index contributed by atoms with van der Waals surface area (Å²) in [4.78, 5) is 25.8. The molecular formula is C26H25Cl2N5O3. The van der Waals surface area contributed by atoms with Gasteiger partial charge in [0.2, 0.25) is 5.95 Å². The number of pyridine rings is 1. The Morgan fingerprint density at radius 1 is 1.17 bits per heavy atom. The predicted octanol–water partition coefficient (Wildman–Crippen LogP) is 5.99. The van der Waals surface area contributed by atoms with Gasteiger partial charge in [0.25, 0.3) is 0 Å². The van der Waals surface area contributed by atoms with Gasteiger partial charge < -0.3 is 14.8 Å². The molecule has 1 aromatic carbocycles. The van der Waals surface area contributed by atoms with Crippen LogP contribution in [0.25, 0.3) is 27.8 Å². The van der Waals surface area contributed by atoms with E-state index in [4.69, 9.17) is 37.7 Å². The minimum Gasteiger partial charge on any atom is -0.495 e. The smallest absolute Gasteiger partial charge is 0.224 e. The number of rotatable bonds is 8. The zero-order valence-corrected chi connectivity index (χ0v) is 21.4. The summed E-state index contributed by atoms with van der Waals surface area (Å²) in [6.07, 6.45) is 10.2. The zero-order valence-electron chi connectivity index (χ0n) is 19.9. The fourth-order valence-corrected chi connectivity index (χ4v) is 5.63. The SMILES string of the molecule is C=CC(=O)CC1CCCC1Nc1ncc2cc(-c3c(Cl)c(OC)cc(OC)c3Cl)c3nccn3c2n1. The van der Waals surface area contributed by atoms with Crippen molar-refractivity contribution in [2.75, 3.05) is 19.5 Å². The number of methoxy groups -OCH3 is 2. The Labute approximate surface area is 218 Å². The van der Waals surface area contributed by atoms with Crippen molar-refractivity contribution in [3.8, 4) is 22.6 Å². The van der Waals surface area contributed by atoms with Gasteiger partial charge in [0.1, 0.15) is 17.1 Å². The molecule has 186 valence electrons. The number of hydrogen-bond acceptors (Lipinski definition) is 7. The number of imidazole rings is 1. The minimum atomic E-state index is 0.0623. The molecule has 3 aromatic heterocycles. The summed E-state index contributed by atoms with van der Waals surface area (Å²) in [5.74, 6) is 1.68. The molecule has 2 unspecified atom stereocenters. The van der Waals surface area contributed by atoms with Crippen LogP contribution in [0.5, 0.6) is 11.5 Å². The van der Waals surface area contributed by atoms with Gasteiger partial charge in [-0.3, -0.25) is 9.20 Å². The molecule has 0 spiro atoms. The van der Waals surface area contributed by atoms with Crippen molar-refractivity contribution in [1.29, 1.82) is 0 Å². The van der Waals surface area contributed by atoms with E-state index in [0.29, 0.717) is 56.3 Å². The molecule has 8 nitrogen and oxygen atoms in total. The quantitative estimate of drug-likeness (QED) is 0.282. The van der Waals surface area contributed by atoms with E-state index in [2.05, 4.69) is 21.9 Å². The van der Waals surface area contributed by atoms with Crippen LogP contribution in [0.1, 0.15) is 25.7 Å². The fraction of sp³-hybridized carbons (Fsp3) is 0.308. The molecule has 1 aliphatic carbocycles. The molecule has 2 atom stereocenters. The van der Waals surface area contributed by atoms with Crippen molar-refractivity contribution in [1.82, 2.24) is 19.4 Å². The third-order valence-electron chi connectivity index (χ3n) is 6.71. The van der Waals surface area contributed by atoms with Gasteiger partial charge >= 0.3 is 0 Å². The highest BCUT2D eigenvalue weighted by Crippen LogP contribution is 2.47. The van der Waals surface area contributed by atoms with Crippen LogP contribution in [0, 0.1) is 5.92 Å². The van der Waals surface area contributed by atoms with Crippen molar-refractivity contribution < 1.29 is 14.3 Å². The van der Waals surface area contributed by atoms with E-state index in [-0.39, 0.29) is 17.7 Å². The molecule has 1 aliphatic rings. The normalized spacial score (nSPS) is 17.4. The third kappa shape index (κ3) is 4.24. The molecule has 0 amide bonds. The highest BCUT2D eigenvalue weighted by atomic mass is 35.5. The largest absolute Gasteiger partial charge is 0.495 e. The van der Waals surface area contributed by atoms with Crippen LogP contribution in [0.2, 0.25) is 10.0 Å².